The zero-order valence-electron chi connectivity index (χ0n) is 10.7. The van der Waals surface area contributed by atoms with Crippen molar-refractivity contribution in [1.29, 1.82) is 5.26 Å². The molecule has 106 valence electrons. The fourth-order valence-corrected chi connectivity index (χ4v) is 1.41. The quantitative estimate of drug-likeness (QED) is 0.423. The van der Waals surface area contributed by atoms with Crippen molar-refractivity contribution in [2.24, 2.45) is 5.73 Å². The number of nitro benzene ring substituents is 1. The number of nitrogens with zero attached hydrogens (tertiary/aromatic N) is 2. The van der Waals surface area contributed by atoms with Crippen LogP contribution in [0.2, 0.25) is 0 Å². The van der Waals surface area contributed by atoms with Gasteiger partial charge in [-0.15, -0.1) is 0 Å². The molecule has 8 heteroatoms. The summed E-state index contributed by atoms with van der Waals surface area (Å²) >= 11 is 0. The van der Waals surface area contributed by atoms with Crippen molar-refractivity contribution in [2.75, 3.05) is 13.2 Å². The Balaban J connectivity index is 2.66. The van der Waals surface area contributed by atoms with Crippen LogP contribution in [0.1, 0.15) is 12.0 Å². The molecule has 8 nitrogen and oxygen atoms in total. The molecule has 0 aliphatic carbocycles. The maximum absolute atomic E-state index is 11.4. The molecule has 0 atom stereocenters. The van der Waals surface area contributed by atoms with E-state index < -0.39 is 10.8 Å². The summed E-state index contributed by atoms with van der Waals surface area (Å²) in [7, 11) is 0. The molecule has 1 rings (SSSR count). The lowest BCUT2D eigenvalue weighted by atomic mass is 10.2. The van der Waals surface area contributed by atoms with E-state index in [1.54, 1.807) is 6.07 Å². The number of hydrogen-bond donors (Lipinski definition) is 2. The van der Waals surface area contributed by atoms with Crippen molar-refractivity contribution in [3.63, 3.8) is 0 Å². The van der Waals surface area contributed by atoms with Crippen molar-refractivity contribution in [1.82, 2.24) is 5.32 Å². The predicted octanol–water partition coefficient (Wildman–Crippen LogP) is 0.462. The average molecular weight is 278 g/mol. The van der Waals surface area contributed by atoms with E-state index >= 15 is 0 Å². The van der Waals surface area contributed by atoms with Crippen LogP contribution in [0.25, 0.3) is 0 Å². The second kappa shape index (κ2) is 7.70. The van der Waals surface area contributed by atoms with E-state index in [4.69, 9.17) is 15.7 Å². The minimum Gasteiger partial charge on any atom is -0.477 e. The third kappa shape index (κ3) is 4.55. The summed E-state index contributed by atoms with van der Waals surface area (Å²) in [5, 5.41) is 21.7. The van der Waals surface area contributed by atoms with Crippen molar-refractivity contribution in [3.8, 4) is 11.8 Å². The Bertz CT molecular complexity index is 539. The molecule has 1 amide bonds. The summed E-state index contributed by atoms with van der Waals surface area (Å²) in [6, 6.07) is 6.18. The largest absolute Gasteiger partial charge is 0.477 e. The number of nitriles is 1. The van der Waals surface area contributed by atoms with Gasteiger partial charge in [0.2, 0.25) is 0 Å². The molecule has 0 saturated carbocycles. The van der Waals surface area contributed by atoms with E-state index in [1.807, 2.05) is 6.07 Å². The number of nitrogens with one attached hydrogen (secondary N) is 1. The standard InChI is InChI=1S/C12H14N4O4/c13-4-1-5-15-12(17)8-20-11-3-2-9(7-14)6-10(11)16(18)19/h2-3,6H,1,5,7-8,14H2,(H,15,17). The monoisotopic (exact) mass is 278 g/mol. The van der Waals surface area contributed by atoms with E-state index in [9.17, 15) is 14.9 Å². The Morgan fingerprint density at radius 2 is 2.30 bits per heavy atom. The van der Waals surface area contributed by atoms with E-state index in [1.165, 1.54) is 12.1 Å². The number of carbonyl (C=O) groups excluding carboxylic acids is 1. The Morgan fingerprint density at radius 1 is 1.55 bits per heavy atom. The topological polar surface area (TPSA) is 131 Å². The van der Waals surface area contributed by atoms with E-state index in [-0.39, 0.29) is 37.6 Å². The summed E-state index contributed by atoms with van der Waals surface area (Å²) in [6.45, 7) is 0.0386. The fourth-order valence-electron chi connectivity index (χ4n) is 1.41. The number of benzene rings is 1. The van der Waals surface area contributed by atoms with Crippen LogP contribution in [0.15, 0.2) is 18.2 Å². The number of amides is 1. The number of carbonyl (C=O) groups is 1. The van der Waals surface area contributed by atoms with Crippen LogP contribution in [0.3, 0.4) is 0 Å². The predicted molar refractivity (Wildman–Crippen MR) is 69.7 cm³/mol. The first-order chi connectivity index (χ1) is 9.58. The maximum Gasteiger partial charge on any atom is 0.311 e. The molecule has 1 aromatic carbocycles. The Morgan fingerprint density at radius 3 is 2.90 bits per heavy atom. The van der Waals surface area contributed by atoms with Gasteiger partial charge >= 0.3 is 5.69 Å². The molecule has 0 radical (unpaired) electrons. The van der Waals surface area contributed by atoms with Crippen molar-refractivity contribution < 1.29 is 14.5 Å². The maximum atomic E-state index is 11.4. The molecule has 0 saturated heterocycles. The highest BCUT2D eigenvalue weighted by molar-refractivity contribution is 5.77. The van der Waals surface area contributed by atoms with Crippen LogP contribution in [-0.2, 0) is 11.3 Å². The summed E-state index contributed by atoms with van der Waals surface area (Å²) < 4.78 is 5.11. The number of ether oxygens (including phenoxy) is 1. The van der Waals surface area contributed by atoms with Gasteiger partial charge in [-0.2, -0.15) is 5.26 Å². The summed E-state index contributed by atoms with van der Waals surface area (Å²) in [5.41, 5.74) is 5.77. The molecule has 0 fully saturated rings. The van der Waals surface area contributed by atoms with E-state index in [2.05, 4.69) is 5.32 Å². The lowest BCUT2D eigenvalue weighted by molar-refractivity contribution is -0.385. The van der Waals surface area contributed by atoms with Gasteiger partial charge < -0.3 is 15.8 Å². The molecule has 0 aliphatic rings. The van der Waals surface area contributed by atoms with Gasteiger partial charge in [-0.1, -0.05) is 6.07 Å². The highest BCUT2D eigenvalue weighted by atomic mass is 16.6. The van der Waals surface area contributed by atoms with Crippen molar-refractivity contribution in [2.45, 2.75) is 13.0 Å². The minimum absolute atomic E-state index is 0.00244. The molecule has 20 heavy (non-hydrogen) atoms. The third-order valence-corrected chi connectivity index (χ3v) is 2.37. The van der Waals surface area contributed by atoms with Gasteiger partial charge in [-0.3, -0.25) is 14.9 Å². The Hall–Kier alpha value is -2.66. The Kier molecular flexibility index (Phi) is 5.93. The molecule has 0 unspecified atom stereocenters. The number of rotatable bonds is 7. The smallest absolute Gasteiger partial charge is 0.311 e. The lowest BCUT2D eigenvalue weighted by Crippen LogP contribution is -2.29. The first kappa shape index (κ1) is 15.4. The third-order valence-electron chi connectivity index (χ3n) is 2.37. The van der Waals surface area contributed by atoms with Gasteiger partial charge in [0.05, 0.1) is 17.4 Å². The van der Waals surface area contributed by atoms with Crippen LogP contribution >= 0.6 is 0 Å². The molecule has 3 N–H and O–H groups in total. The van der Waals surface area contributed by atoms with Crippen molar-refractivity contribution in [3.05, 3.63) is 33.9 Å². The van der Waals surface area contributed by atoms with Gasteiger partial charge in [0.15, 0.2) is 12.4 Å². The minimum atomic E-state index is -0.595. The number of nitro groups is 1. The van der Waals surface area contributed by atoms with Gasteiger partial charge in [-0.25, -0.2) is 0 Å². The number of hydrogen-bond acceptors (Lipinski definition) is 6. The van der Waals surface area contributed by atoms with E-state index in [0.29, 0.717) is 5.56 Å². The SMILES string of the molecule is N#CCCNC(=O)COc1ccc(CN)cc1[N+](=O)[O-]. The highest BCUT2D eigenvalue weighted by Gasteiger charge is 2.16. The van der Waals surface area contributed by atoms with Crippen LogP contribution in [0, 0.1) is 21.4 Å². The Labute approximate surface area is 115 Å². The first-order valence-electron chi connectivity index (χ1n) is 5.82. The molecular formula is C12H14N4O4. The molecule has 0 spiro atoms. The normalized spacial score (nSPS) is 9.60. The van der Waals surface area contributed by atoms with Crippen LogP contribution in [0.5, 0.6) is 5.75 Å². The number of nitrogens with two attached hydrogens (primary N) is 1. The molecular weight excluding hydrogens is 264 g/mol. The highest BCUT2D eigenvalue weighted by Crippen LogP contribution is 2.27. The van der Waals surface area contributed by atoms with Crippen LogP contribution in [-0.4, -0.2) is 24.0 Å². The van der Waals surface area contributed by atoms with Crippen LogP contribution in [0.4, 0.5) is 5.69 Å². The van der Waals surface area contributed by atoms with Gasteiger partial charge in [0.25, 0.3) is 5.91 Å². The van der Waals surface area contributed by atoms with Gasteiger partial charge in [-0.05, 0) is 11.6 Å². The first-order valence-corrected chi connectivity index (χ1v) is 5.82. The van der Waals surface area contributed by atoms with Gasteiger partial charge in [0.1, 0.15) is 0 Å². The molecule has 0 aromatic heterocycles. The summed E-state index contributed by atoms with van der Waals surface area (Å²) in [4.78, 5) is 21.7. The zero-order chi connectivity index (χ0) is 15.0. The molecule has 0 bridgehead atoms. The van der Waals surface area contributed by atoms with Crippen LogP contribution < -0.4 is 15.8 Å². The molecule has 0 heterocycles. The molecule has 0 aliphatic heterocycles. The average Bonchev–Trinajstić information content (AvgIpc) is 2.45. The van der Waals surface area contributed by atoms with Crippen molar-refractivity contribution >= 4 is 11.6 Å². The summed E-state index contributed by atoms with van der Waals surface area (Å²) in [5.74, 6) is -0.444. The van der Waals surface area contributed by atoms with E-state index in [0.717, 1.165) is 0 Å². The lowest BCUT2D eigenvalue weighted by Gasteiger charge is -2.07. The summed E-state index contributed by atoms with van der Waals surface area (Å²) in [6.07, 6.45) is 0.192. The second-order valence-corrected chi connectivity index (χ2v) is 3.81. The van der Waals surface area contributed by atoms with Gasteiger partial charge in [0, 0.05) is 19.2 Å². The fraction of sp³-hybridized carbons (Fsp3) is 0.333. The molecule has 1 aromatic rings. The second-order valence-electron chi connectivity index (χ2n) is 3.81. The zero-order valence-corrected chi connectivity index (χ0v) is 10.7.